The maximum atomic E-state index is 13.3. The minimum absolute atomic E-state index is 0.110. The summed E-state index contributed by atoms with van der Waals surface area (Å²) in [5.41, 5.74) is 5.13. The number of aryl methyl sites for hydroxylation is 3. The Morgan fingerprint density at radius 2 is 1.59 bits per heavy atom. The van der Waals surface area contributed by atoms with Crippen molar-refractivity contribution in [3.63, 3.8) is 0 Å². The predicted molar refractivity (Wildman–Crippen MR) is 133 cm³/mol. The molecule has 0 bridgehead atoms. The zero-order valence-electron chi connectivity index (χ0n) is 19.8. The Bertz CT molecular complexity index is 1320. The normalized spacial score (nSPS) is 10.8. The number of furan rings is 1. The SMILES string of the molecule is Cc1cc(C)c(NC(=O)CN(C)C(=O)c2oc3ccccc3c2COc2ccccc2)c(C)c1. The monoisotopic (exact) mass is 456 g/mol. The minimum atomic E-state index is -0.379. The fourth-order valence-corrected chi connectivity index (χ4v) is 4.10. The molecule has 0 unspecified atom stereocenters. The number of benzene rings is 3. The van der Waals surface area contributed by atoms with Crippen molar-refractivity contribution in [2.45, 2.75) is 27.4 Å². The molecule has 6 nitrogen and oxygen atoms in total. The van der Waals surface area contributed by atoms with Crippen molar-refractivity contribution in [1.82, 2.24) is 4.90 Å². The highest BCUT2D eigenvalue weighted by Crippen LogP contribution is 2.28. The van der Waals surface area contributed by atoms with E-state index in [1.165, 1.54) is 4.90 Å². The first kappa shape index (κ1) is 23.1. The van der Waals surface area contributed by atoms with Gasteiger partial charge in [0.05, 0.1) is 6.54 Å². The molecular weight excluding hydrogens is 428 g/mol. The van der Waals surface area contributed by atoms with Crippen molar-refractivity contribution in [2.75, 3.05) is 18.9 Å². The number of carbonyl (C=O) groups is 2. The predicted octanol–water partition coefficient (Wildman–Crippen LogP) is 5.65. The van der Waals surface area contributed by atoms with Gasteiger partial charge in [0.25, 0.3) is 5.91 Å². The summed E-state index contributed by atoms with van der Waals surface area (Å²) in [6.45, 7) is 5.99. The summed E-state index contributed by atoms with van der Waals surface area (Å²) < 4.78 is 11.8. The number of hydrogen-bond acceptors (Lipinski definition) is 4. The van der Waals surface area contributed by atoms with Crippen molar-refractivity contribution >= 4 is 28.5 Å². The summed E-state index contributed by atoms with van der Waals surface area (Å²) in [5.74, 6) is 0.220. The number of amides is 2. The molecule has 0 fully saturated rings. The number of fused-ring (bicyclic) bond motifs is 1. The van der Waals surface area contributed by atoms with Gasteiger partial charge in [-0.2, -0.15) is 0 Å². The van der Waals surface area contributed by atoms with Crippen molar-refractivity contribution in [3.8, 4) is 5.75 Å². The zero-order valence-corrected chi connectivity index (χ0v) is 19.8. The lowest BCUT2D eigenvalue weighted by Crippen LogP contribution is -2.35. The molecule has 0 atom stereocenters. The Morgan fingerprint density at radius 3 is 2.29 bits per heavy atom. The highest BCUT2D eigenvalue weighted by Gasteiger charge is 2.25. The molecule has 174 valence electrons. The second-order valence-electron chi connectivity index (χ2n) is 8.49. The summed E-state index contributed by atoms with van der Waals surface area (Å²) in [4.78, 5) is 27.4. The van der Waals surface area contributed by atoms with E-state index in [-0.39, 0.29) is 30.7 Å². The summed E-state index contributed by atoms with van der Waals surface area (Å²) >= 11 is 0. The summed E-state index contributed by atoms with van der Waals surface area (Å²) in [5, 5.41) is 3.75. The van der Waals surface area contributed by atoms with Crippen LogP contribution in [0, 0.1) is 20.8 Å². The highest BCUT2D eigenvalue weighted by atomic mass is 16.5. The molecule has 2 amide bonds. The minimum Gasteiger partial charge on any atom is -0.489 e. The number of likely N-dealkylation sites (N-methyl/N-ethyl adjacent to an activating group) is 1. The van der Waals surface area contributed by atoms with Gasteiger partial charge in [-0.1, -0.05) is 54.1 Å². The van der Waals surface area contributed by atoms with E-state index < -0.39 is 0 Å². The van der Waals surface area contributed by atoms with Gasteiger partial charge in [-0.3, -0.25) is 9.59 Å². The average molecular weight is 457 g/mol. The van der Waals surface area contributed by atoms with Gasteiger partial charge in [-0.15, -0.1) is 0 Å². The van der Waals surface area contributed by atoms with Crippen LogP contribution in [0.3, 0.4) is 0 Å². The average Bonchev–Trinajstić information content (AvgIpc) is 3.18. The smallest absolute Gasteiger partial charge is 0.290 e. The van der Waals surface area contributed by atoms with Gasteiger partial charge in [0.15, 0.2) is 5.76 Å². The lowest BCUT2D eigenvalue weighted by atomic mass is 10.1. The van der Waals surface area contributed by atoms with Crippen LogP contribution < -0.4 is 10.1 Å². The molecule has 1 N–H and O–H groups in total. The molecule has 34 heavy (non-hydrogen) atoms. The molecule has 0 aliphatic heterocycles. The fraction of sp³-hybridized carbons (Fsp3) is 0.214. The molecule has 0 saturated heterocycles. The number of nitrogens with zero attached hydrogens (tertiary/aromatic N) is 1. The molecule has 0 aliphatic rings. The molecule has 6 heteroatoms. The van der Waals surface area contributed by atoms with Crippen LogP contribution in [0.1, 0.15) is 32.8 Å². The second-order valence-corrected chi connectivity index (χ2v) is 8.49. The Hall–Kier alpha value is -4.06. The highest BCUT2D eigenvalue weighted by molar-refractivity contribution is 6.02. The molecular formula is C28H28N2O4. The van der Waals surface area contributed by atoms with Crippen molar-refractivity contribution in [3.05, 3.63) is 94.7 Å². The third kappa shape index (κ3) is 4.96. The molecule has 0 spiro atoms. The first-order chi connectivity index (χ1) is 16.3. The molecule has 0 aliphatic carbocycles. The zero-order chi connectivity index (χ0) is 24.2. The van der Waals surface area contributed by atoms with E-state index in [2.05, 4.69) is 5.32 Å². The summed E-state index contributed by atoms with van der Waals surface area (Å²) in [6.07, 6.45) is 0. The quantitative estimate of drug-likeness (QED) is 0.390. The summed E-state index contributed by atoms with van der Waals surface area (Å²) in [6, 6.07) is 20.9. The van der Waals surface area contributed by atoms with Gasteiger partial charge in [0, 0.05) is 23.7 Å². The van der Waals surface area contributed by atoms with E-state index in [9.17, 15) is 9.59 Å². The number of anilines is 1. The topological polar surface area (TPSA) is 71.8 Å². The van der Waals surface area contributed by atoms with Crippen LogP contribution in [-0.2, 0) is 11.4 Å². The number of ether oxygens (including phenoxy) is 1. The Kier molecular flexibility index (Phi) is 6.68. The number of nitrogens with one attached hydrogen (secondary N) is 1. The third-order valence-electron chi connectivity index (χ3n) is 5.69. The van der Waals surface area contributed by atoms with Crippen molar-refractivity contribution in [1.29, 1.82) is 0 Å². The fourth-order valence-electron chi connectivity index (χ4n) is 4.10. The molecule has 0 saturated carbocycles. The van der Waals surface area contributed by atoms with Gasteiger partial charge in [-0.05, 0) is 50.1 Å². The largest absolute Gasteiger partial charge is 0.489 e. The van der Waals surface area contributed by atoms with Crippen molar-refractivity contribution in [2.24, 2.45) is 0 Å². The van der Waals surface area contributed by atoms with E-state index in [0.717, 1.165) is 27.8 Å². The van der Waals surface area contributed by atoms with Crippen LogP contribution in [-0.4, -0.2) is 30.3 Å². The third-order valence-corrected chi connectivity index (χ3v) is 5.69. The molecule has 1 heterocycles. The maximum Gasteiger partial charge on any atom is 0.290 e. The van der Waals surface area contributed by atoms with E-state index in [4.69, 9.17) is 9.15 Å². The van der Waals surface area contributed by atoms with Gasteiger partial charge < -0.3 is 19.4 Å². The maximum absolute atomic E-state index is 13.3. The van der Waals surface area contributed by atoms with Crippen LogP contribution in [0.15, 0.2) is 71.1 Å². The standard InChI is InChI=1S/C28H28N2O4/c1-18-14-19(2)26(20(3)15-18)29-25(31)16-30(4)28(32)27-23(17-33-21-10-6-5-7-11-21)22-12-8-9-13-24(22)34-27/h5-15H,16-17H2,1-4H3,(H,29,31). The number of hydrogen-bond donors (Lipinski definition) is 1. The van der Waals surface area contributed by atoms with Crippen LogP contribution in [0.5, 0.6) is 5.75 Å². The van der Waals surface area contributed by atoms with Gasteiger partial charge in [-0.25, -0.2) is 0 Å². The number of para-hydroxylation sites is 2. The Labute approximate surface area is 199 Å². The van der Waals surface area contributed by atoms with Gasteiger partial charge in [0.2, 0.25) is 5.91 Å². The lowest BCUT2D eigenvalue weighted by molar-refractivity contribution is -0.116. The number of rotatable bonds is 7. The molecule has 4 rings (SSSR count). The van der Waals surface area contributed by atoms with Gasteiger partial charge in [0.1, 0.15) is 17.9 Å². The second kappa shape index (κ2) is 9.83. The van der Waals surface area contributed by atoms with Crippen LogP contribution in [0.2, 0.25) is 0 Å². The van der Waals surface area contributed by atoms with E-state index in [0.29, 0.717) is 16.9 Å². The first-order valence-electron chi connectivity index (χ1n) is 11.1. The van der Waals surface area contributed by atoms with E-state index >= 15 is 0 Å². The van der Waals surface area contributed by atoms with Crippen molar-refractivity contribution < 1.29 is 18.7 Å². The van der Waals surface area contributed by atoms with Crippen LogP contribution in [0.25, 0.3) is 11.0 Å². The number of carbonyl (C=O) groups excluding carboxylic acids is 2. The molecule has 0 radical (unpaired) electrons. The first-order valence-corrected chi connectivity index (χ1v) is 11.1. The lowest BCUT2D eigenvalue weighted by Gasteiger charge is -2.18. The summed E-state index contributed by atoms with van der Waals surface area (Å²) in [7, 11) is 1.59. The molecule has 3 aromatic carbocycles. The van der Waals surface area contributed by atoms with Gasteiger partial charge >= 0.3 is 0 Å². The van der Waals surface area contributed by atoms with E-state index in [1.807, 2.05) is 87.5 Å². The Morgan fingerprint density at radius 1 is 0.941 bits per heavy atom. The molecule has 1 aromatic heterocycles. The molecule has 4 aromatic rings. The van der Waals surface area contributed by atoms with E-state index in [1.54, 1.807) is 7.05 Å². The van der Waals surface area contributed by atoms with Crippen LogP contribution in [0.4, 0.5) is 5.69 Å². The van der Waals surface area contributed by atoms with Crippen LogP contribution >= 0.6 is 0 Å². The Balaban J connectivity index is 1.53.